The van der Waals surface area contributed by atoms with Gasteiger partial charge in [0.15, 0.2) is 0 Å². The Labute approximate surface area is 491 Å². The summed E-state index contributed by atoms with van der Waals surface area (Å²) in [6.45, 7) is 2.44. The van der Waals surface area contributed by atoms with Gasteiger partial charge in [-0.15, -0.1) is 0 Å². The van der Waals surface area contributed by atoms with E-state index in [2.05, 4.69) is 93.2 Å². The molecule has 11 aromatic rings. The molecular weight excluding hydrogens is 1120 g/mol. The molecule has 0 radical (unpaired) electrons. The summed E-state index contributed by atoms with van der Waals surface area (Å²) in [6.07, 6.45) is 7.57. The van der Waals surface area contributed by atoms with Gasteiger partial charge in [0.05, 0.1) is 49.0 Å². The average Bonchev–Trinajstić information content (AvgIpc) is 4.35. The first kappa shape index (κ1) is 64.2. The molecule has 18 heteroatoms. The summed E-state index contributed by atoms with van der Waals surface area (Å²) >= 11 is 0. The molecule has 0 atom stereocenters. The minimum Gasteiger partial charge on any atom is -0.872 e. The van der Waals surface area contributed by atoms with Crippen LogP contribution in [0.1, 0.15) is 22.3 Å². The number of aliphatic hydroxyl groups is 4. The SMILES string of the molecule is CO.CO.CO.CO.[O-]c1ccccc1-c1ccn(Cc2ccc(Cn3ccc(-c4ccccc4[O-])n3)cc2)n1.[O-]c1ccccc1-c1ccn(Cc2cccc(-c3cccc(Cn4ccc(-c5ccccc5[O-])n4)c3)c2)n1.[Zn+2].[Zn+2]. The fraction of sp³-hybridized carbons (Fsp3) is 0.129. The van der Waals surface area contributed by atoms with Gasteiger partial charge in [-0.05, 0) is 92.0 Å². The Hall–Kier alpha value is -8.33. The van der Waals surface area contributed by atoms with Crippen molar-refractivity contribution in [3.05, 3.63) is 241 Å². The van der Waals surface area contributed by atoms with E-state index in [0.717, 1.165) is 61.8 Å². The third kappa shape index (κ3) is 17.3. The van der Waals surface area contributed by atoms with E-state index in [4.69, 9.17) is 20.4 Å². The first-order chi connectivity index (χ1) is 38.3. The molecule has 80 heavy (non-hydrogen) atoms. The van der Waals surface area contributed by atoms with Gasteiger partial charge in [-0.25, -0.2) is 0 Å². The zero-order chi connectivity index (χ0) is 55.8. The van der Waals surface area contributed by atoms with E-state index < -0.39 is 0 Å². The van der Waals surface area contributed by atoms with Crippen LogP contribution in [-0.4, -0.2) is 88.0 Å². The third-order valence-corrected chi connectivity index (χ3v) is 11.8. The van der Waals surface area contributed by atoms with Crippen molar-refractivity contribution in [2.24, 2.45) is 0 Å². The zero-order valence-corrected chi connectivity index (χ0v) is 51.0. The summed E-state index contributed by atoms with van der Waals surface area (Å²) in [6, 6.07) is 60.3. The number of hydrogen-bond acceptors (Lipinski definition) is 12. The maximum Gasteiger partial charge on any atom is 2.00 e. The summed E-state index contributed by atoms with van der Waals surface area (Å²) in [5.41, 5.74) is 11.8. The van der Waals surface area contributed by atoms with E-state index in [1.807, 2.05) is 92.0 Å². The van der Waals surface area contributed by atoms with Gasteiger partial charge in [0.25, 0.3) is 0 Å². The maximum atomic E-state index is 12.1. The van der Waals surface area contributed by atoms with Crippen LogP contribution in [0, 0.1) is 0 Å². The molecule has 4 aromatic heterocycles. The molecule has 0 saturated heterocycles. The van der Waals surface area contributed by atoms with Gasteiger partial charge >= 0.3 is 39.0 Å². The first-order valence-corrected chi connectivity index (χ1v) is 24.5. The van der Waals surface area contributed by atoms with Crippen molar-refractivity contribution in [1.82, 2.24) is 39.1 Å². The van der Waals surface area contributed by atoms with Crippen molar-refractivity contribution in [3.63, 3.8) is 0 Å². The fourth-order valence-corrected chi connectivity index (χ4v) is 8.28. The van der Waals surface area contributed by atoms with Crippen LogP contribution in [0.5, 0.6) is 23.0 Å². The maximum absolute atomic E-state index is 12.1. The standard InChI is InChI=1S/C32H26N4O2.C26H22N4O2.4CH4O.2Zn/c37-31-13-3-1-11-27(31)29-15-17-35(33-29)21-23-7-5-9-25(19-23)26-10-6-8-24(20-26)22-36-18-16-30(34-36)28-12-2-4-14-32(28)38;31-25-7-3-1-5-21(25)23-13-15-29(27-23)17-19-9-11-20(12-10-19)18-30-16-14-24(28-30)22-6-2-4-8-26(22)32;4*1-2;;/h1-20,37-38H,21-22H2;1-16,31-32H,17-18H2;4*2H,1H3;;/q;;;;;;2*+2/p-4. The number of nitrogens with zero attached hydrogens (tertiary/aromatic N) is 8. The number of hydrogen-bond donors (Lipinski definition) is 4. The largest absolute Gasteiger partial charge is 2.00 e. The van der Waals surface area contributed by atoms with Crippen molar-refractivity contribution in [1.29, 1.82) is 0 Å². The van der Waals surface area contributed by atoms with Crippen LogP contribution in [0.25, 0.3) is 56.2 Å². The predicted molar refractivity (Wildman–Crippen MR) is 296 cm³/mol. The van der Waals surface area contributed by atoms with Gasteiger partial charge in [0.2, 0.25) is 0 Å². The minimum absolute atomic E-state index is 0. The van der Waals surface area contributed by atoms with E-state index >= 15 is 0 Å². The quantitative estimate of drug-likeness (QED) is 0.0825. The molecule has 0 aliphatic heterocycles. The Bertz CT molecular complexity index is 3330. The Morgan fingerprint density at radius 1 is 0.287 bits per heavy atom. The smallest absolute Gasteiger partial charge is 0.872 e. The second kappa shape index (κ2) is 33.2. The first-order valence-electron chi connectivity index (χ1n) is 24.5. The molecule has 0 fully saturated rings. The Morgan fingerprint density at radius 3 is 0.775 bits per heavy atom. The van der Waals surface area contributed by atoms with Gasteiger partial charge in [-0.3, -0.25) is 18.7 Å². The number of rotatable bonds is 13. The molecule has 0 saturated carbocycles. The van der Waals surface area contributed by atoms with Gasteiger partial charge in [0.1, 0.15) is 0 Å². The van der Waals surface area contributed by atoms with Crippen molar-refractivity contribution in [2.45, 2.75) is 26.2 Å². The summed E-state index contributed by atoms with van der Waals surface area (Å²) in [5, 5.41) is 94.6. The van der Waals surface area contributed by atoms with Crippen molar-refractivity contribution < 1.29 is 79.8 Å². The molecular formula is C62H60N8O8Zn2. The molecule has 0 bridgehead atoms. The molecule has 11 rings (SSSR count). The summed E-state index contributed by atoms with van der Waals surface area (Å²) < 4.78 is 7.37. The van der Waals surface area contributed by atoms with Crippen molar-refractivity contribution in [2.75, 3.05) is 28.4 Å². The topological polar surface area (TPSA) is 244 Å². The molecule has 4 heterocycles. The molecule has 0 unspecified atom stereocenters. The fourth-order valence-electron chi connectivity index (χ4n) is 8.28. The van der Waals surface area contributed by atoms with Crippen LogP contribution in [0.4, 0.5) is 0 Å². The number of aliphatic hydroxyl groups excluding tert-OH is 4. The molecule has 0 aliphatic carbocycles. The summed E-state index contributed by atoms with van der Waals surface area (Å²) in [5.74, 6) is -0.104. The van der Waals surface area contributed by atoms with Crippen LogP contribution in [-0.2, 0) is 65.1 Å². The van der Waals surface area contributed by atoms with Gasteiger partial charge in [-0.1, -0.05) is 181 Å². The second-order valence-electron chi connectivity index (χ2n) is 16.8. The predicted octanol–water partition coefficient (Wildman–Crippen LogP) is 7.41. The normalized spacial score (nSPS) is 9.95. The summed E-state index contributed by atoms with van der Waals surface area (Å²) in [7, 11) is 4.00. The van der Waals surface area contributed by atoms with Crippen LogP contribution < -0.4 is 20.4 Å². The number of benzene rings is 7. The Morgan fingerprint density at radius 2 is 0.525 bits per heavy atom. The molecule has 7 aromatic carbocycles. The van der Waals surface area contributed by atoms with Gasteiger partial charge in [0, 0.05) is 53.2 Å². The monoisotopic (exact) mass is 1170 g/mol. The van der Waals surface area contributed by atoms with E-state index in [-0.39, 0.29) is 62.0 Å². The number of para-hydroxylation sites is 4. The molecule has 0 aliphatic rings. The van der Waals surface area contributed by atoms with E-state index in [0.29, 0.717) is 71.2 Å². The number of aromatic nitrogens is 8. The van der Waals surface area contributed by atoms with Gasteiger partial charge in [-0.2, -0.15) is 20.4 Å². The molecule has 400 valence electrons. The van der Waals surface area contributed by atoms with Crippen LogP contribution in [0.2, 0.25) is 0 Å². The van der Waals surface area contributed by atoms with Crippen LogP contribution in [0.15, 0.2) is 219 Å². The van der Waals surface area contributed by atoms with Gasteiger partial charge < -0.3 is 40.9 Å². The average molecular weight is 1180 g/mol. The van der Waals surface area contributed by atoms with Crippen LogP contribution >= 0.6 is 0 Å². The van der Waals surface area contributed by atoms with E-state index in [1.165, 1.54) is 0 Å². The Kier molecular flexibility index (Phi) is 26.6. The molecule has 0 spiro atoms. The zero-order valence-electron chi connectivity index (χ0n) is 45.0. The molecule has 4 N–H and O–H groups in total. The van der Waals surface area contributed by atoms with Crippen molar-refractivity contribution in [3.8, 4) is 79.2 Å². The van der Waals surface area contributed by atoms with E-state index in [9.17, 15) is 20.4 Å². The molecule has 16 nitrogen and oxygen atoms in total. The summed E-state index contributed by atoms with van der Waals surface area (Å²) in [4.78, 5) is 0. The van der Waals surface area contributed by atoms with Crippen molar-refractivity contribution >= 4 is 0 Å². The van der Waals surface area contributed by atoms with E-state index in [1.54, 1.807) is 72.8 Å². The third-order valence-electron chi connectivity index (χ3n) is 11.8. The Balaban J connectivity index is 0.000000303. The minimum atomic E-state index is -0.0267. The van der Waals surface area contributed by atoms with Crippen LogP contribution in [0.3, 0.4) is 0 Å². The molecule has 0 amide bonds. The second-order valence-corrected chi connectivity index (χ2v) is 16.8.